The van der Waals surface area contributed by atoms with Crippen LogP contribution in [0, 0.1) is 18.3 Å². The first-order chi connectivity index (χ1) is 11.5. The maximum Gasteiger partial charge on any atom is 0.272 e. The minimum Gasteiger partial charge on any atom is -0.497 e. The number of aromatic amines is 1. The SMILES string of the molecule is COc1cc(Nc2[nH]n3c(=O)cc(C)nc3c2C#N)cc(OC)c1. The molecule has 3 rings (SSSR count). The summed E-state index contributed by atoms with van der Waals surface area (Å²) >= 11 is 0. The summed E-state index contributed by atoms with van der Waals surface area (Å²) in [4.78, 5) is 16.3. The molecule has 0 spiro atoms. The number of rotatable bonds is 4. The molecule has 24 heavy (non-hydrogen) atoms. The summed E-state index contributed by atoms with van der Waals surface area (Å²) < 4.78 is 11.7. The van der Waals surface area contributed by atoms with Gasteiger partial charge in [-0.3, -0.25) is 9.89 Å². The van der Waals surface area contributed by atoms with E-state index < -0.39 is 0 Å². The molecule has 3 aromatic rings. The lowest BCUT2D eigenvalue weighted by Gasteiger charge is -2.09. The molecule has 0 aliphatic rings. The van der Waals surface area contributed by atoms with E-state index in [-0.39, 0.29) is 16.8 Å². The maximum atomic E-state index is 12.0. The molecule has 0 radical (unpaired) electrons. The van der Waals surface area contributed by atoms with Crippen molar-refractivity contribution in [2.45, 2.75) is 6.92 Å². The highest BCUT2D eigenvalue weighted by Crippen LogP contribution is 2.29. The van der Waals surface area contributed by atoms with Crippen LogP contribution in [0.1, 0.15) is 11.3 Å². The molecule has 122 valence electrons. The summed E-state index contributed by atoms with van der Waals surface area (Å²) in [6.07, 6.45) is 0. The highest BCUT2D eigenvalue weighted by atomic mass is 16.5. The Hall–Kier alpha value is -3.47. The van der Waals surface area contributed by atoms with Gasteiger partial charge in [-0.05, 0) is 6.92 Å². The van der Waals surface area contributed by atoms with E-state index in [1.165, 1.54) is 10.6 Å². The Bertz CT molecular complexity index is 991. The van der Waals surface area contributed by atoms with Gasteiger partial charge in [0.05, 0.1) is 14.2 Å². The maximum absolute atomic E-state index is 12.0. The number of nitrogens with one attached hydrogen (secondary N) is 2. The smallest absolute Gasteiger partial charge is 0.272 e. The predicted molar refractivity (Wildman–Crippen MR) is 88.1 cm³/mol. The van der Waals surface area contributed by atoms with Crippen LogP contribution in [0.4, 0.5) is 11.5 Å². The van der Waals surface area contributed by atoms with E-state index in [0.29, 0.717) is 28.7 Å². The number of nitriles is 1. The zero-order valence-electron chi connectivity index (χ0n) is 13.4. The molecule has 1 aromatic carbocycles. The zero-order valence-corrected chi connectivity index (χ0v) is 13.4. The Morgan fingerprint density at radius 2 is 1.88 bits per heavy atom. The highest BCUT2D eigenvalue weighted by molar-refractivity contribution is 5.73. The van der Waals surface area contributed by atoms with Crippen LogP contribution >= 0.6 is 0 Å². The third-order valence-corrected chi connectivity index (χ3v) is 3.48. The van der Waals surface area contributed by atoms with Crippen LogP contribution < -0.4 is 20.3 Å². The standard InChI is InChI=1S/C16H15N5O3/c1-9-4-14(22)21-16(18-9)13(8-17)15(20-21)19-10-5-11(23-2)7-12(6-10)24-3/h4-7,19-20H,1-3H3. The van der Waals surface area contributed by atoms with Crippen molar-refractivity contribution in [3.63, 3.8) is 0 Å². The van der Waals surface area contributed by atoms with Crippen LogP contribution in [0.3, 0.4) is 0 Å². The lowest BCUT2D eigenvalue weighted by molar-refractivity contribution is 0.395. The van der Waals surface area contributed by atoms with E-state index in [1.807, 2.05) is 0 Å². The van der Waals surface area contributed by atoms with Crippen LogP contribution in [0.15, 0.2) is 29.1 Å². The fourth-order valence-electron chi connectivity index (χ4n) is 2.37. The van der Waals surface area contributed by atoms with Crippen molar-refractivity contribution in [3.8, 4) is 17.6 Å². The summed E-state index contributed by atoms with van der Waals surface area (Å²) in [5.74, 6) is 1.55. The van der Waals surface area contributed by atoms with Crippen molar-refractivity contribution in [1.82, 2.24) is 14.6 Å². The van der Waals surface area contributed by atoms with E-state index in [0.717, 1.165) is 0 Å². The fraction of sp³-hybridized carbons (Fsp3) is 0.188. The van der Waals surface area contributed by atoms with Crippen LogP contribution in [-0.4, -0.2) is 28.8 Å². The summed E-state index contributed by atoms with van der Waals surface area (Å²) in [5, 5.41) is 15.4. The van der Waals surface area contributed by atoms with Gasteiger partial charge >= 0.3 is 0 Å². The third-order valence-electron chi connectivity index (χ3n) is 3.48. The number of benzene rings is 1. The number of H-pyrrole nitrogens is 1. The molecule has 0 atom stereocenters. The number of fused-ring (bicyclic) bond motifs is 1. The van der Waals surface area contributed by atoms with Crippen LogP contribution in [-0.2, 0) is 0 Å². The van der Waals surface area contributed by atoms with Crippen molar-refractivity contribution >= 4 is 17.2 Å². The molecular formula is C16H15N5O3. The number of methoxy groups -OCH3 is 2. The van der Waals surface area contributed by atoms with Gasteiger partial charge in [0.15, 0.2) is 5.65 Å². The van der Waals surface area contributed by atoms with E-state index in [1.54, 1.807) is 39.3 Å². The van der Waals surface area contributed by atoms with Gasteiger partial charge in [0.2, 0.25) is 0 Å². The van der Waals surface area contributed by atoms with Crippen molar-refractivity contribution in [1.29, 1.82) is 5.26 Å². The van der Waals surface area contributed by atoms with E-state index in [9.17, 15) is 10.1 Å². The Morgan fingerprint density at radius 3 is 2.46 bits per heavy atom. The first kappa shape index (κ1) is 15.4. The van der Waals surface area contributed by atoms with Gasteiger partial charge in [0.25, 0.3) is 5.56 Å². The lowest BCUT2D eigenvalue weighted by Crippen LogP contribution is -2.14. The molecule has 0 amide bonds. The first-order valence-corrected chi connectivity index (χ1v) is 7.08. The summed E-state index contributed by atoms with van der Waals surface area (Å²) in [5.41, 5.74) is 1.42. The number of ether oxygens (including phenoxy) is 2. The first-order valence-electron chi connectivity index (χ1n) is 7.08. The third kappa shape index (κ3) is 2.63. The Balaban J connectivity index is 2.13. The fourth-order valence-corrected chi connectivity index (χ4v) is 2.37. The molecule has 0 fully saturated rings. The summed E-state index contributed by atoms with van der Waals surface area (Å²) in [6.45, 7) is 1.70. The molecule has 0 saturated carbocycles. The Morgan fingerprint density at radius 1 is 1.21 bits per heavy atom. The molecule has 0 aliphatic heterocycles. The largest absolute Gasteiger partial charge is 0.497 e. The average molecular weight is 325 g/mol. The molecule has 2 N–H and O–H groups in total. The number of hydrogen-bond acceptors (Lipinski definition) is 6. The molecule has 0 unspecified atom stereocenters. The Kier molecular flexibility index (Phi) is 3.83. The lowest BCUT2D eigenvalue weighted by atomic mass is 10.2. The molecule has 8 nitrogen and oxygen atoms in total. The molecule has 0 saturated heterocycles. The number of aromatic nitrogens is 3. The molecule has 2 heterocycles. The van der Waals surface area contributed by atoms with Crippen LogP contribution in [0.2, 0.25) is 0 Å². The van der Waals surface area contributed by atoms with E-state index >= 15 is 0 Å². The van der Waals surface area contributed by atoms with Gasteiger partial charge in [-0.25, -0.2) is 4.98 Å². The topological polar surface area (TPSA) is 104 Å². The quantitative estimate of drug-likeness (QED) is 0.760. The zero-order chi connectivity index (χ0) is 17.3. The number of anilines is 2. The van der Waals surface area contributed by atoms with Gasteiger partial charge < -0.3 is 14.8 Å². The molecule has 0 bridgehead atoms. The second-order valence-corrected chi connectivity index (χ2v) is 5.09. The summed E-state index contributed by atoms with van der Waals surface area (Å²) in [7, 11) is 3.10. The van der Waals surface area contributed by atoms with E-state index in [4.69, 9.17) is 9.47 Å². The van der Waals surface area contributed by atoms with Gasteiger partial charge in [0, 0.05) is 35.6 Å². The van der Waals surface area contributed by atoms with Gasteiger partial charge in [-0.1, -0.05) is 0 Å². The highest BCUT2D eigenvalue weighted by Gasteiger charge is 2.15. The summed E-state index contributed by atoms with van der Waals surface area (Å²) in [6, 6.07) is 8.69. The van der Waals surface area contributed by atoms with Crippen LogP contribution in [0.5, 0.6) is 11.5 Å². The van der Waals surface area contributed by atoms with Crippen molar-refractivity contribution in [2.24, 2.45) is 0 Å². The van der Waals surface area contributed by atoms with Gasteiger partial charge in [0.1, 0.15) is 28.9 Å². The molecule has 8 heteroatoms. The van der Waals surface area contributed by atoms with E-state index in [2.05, 4.69) is 21.5 Å². The second kappa shape index (κ2) is 5.96. The number of nitrogens with zero attached hydrogens (tertiary/aromatic N) is 3. The van der Waals surface area contributed by atoms with Crippen molar-refractivity contribution in [3.05, 3.63) is 45.9 Å². The van der Waals surface area contributed by atoms with Gasteiger partial charge in [-0.15, -0.1) is 0 Å². The normalized spacial score (nSPS) is 10.4. The minimum absolute atomic E-state index is 0.248. The molecular weight excluding hydrogens is 310 g/mol. The van der Waals surface area contributed by atoms with Crippen molar-refractivity contribution < 1.29 is 9.47 Å². The monoisotopic (exact) mass is 325 g/mol. The number of hydrogen-bond donors (Lipinski definition) is 2. The molecule has 2 aromatic heterocycles. The van der Waals surface area contributed by atoms with Crippen LogP contribution in [0.25, 0.3) is 5.65 Å². The minimum atomic E-state index is -0.287. The Labute approximate surface area is 137 Å². The molecule has 0 aliphatic carbocycles. The van der Waals surface area contributed by atoms with Crippen molar-refractivity contribution in [2.75, 3.05) is 19.5 Å². The van der Waals surface area contributed by atoms with Gasteiger partial charge in [-0.2, -0.15) is 9.78 Å². The average Bonchev–Trinajstić information content (AvgIpc) is 2.91. The number of aryl methyl sites for hydroxylation is 1. The predicted octanol–water partition coefficient (Wildman–Crippen LogP) is 1.96. The second-order valence-electron chi connectivity index (χ2n) is 5.09.